The number of allylic oxidation sites excluding steroid dienone is 5. The molecule has 119 valence electrons. The SMILES string of the molecule is [B]/C(C)=C/c1cc2cc([B])c(/C=C\C)c(C)c2cc1[C-]=C/C=C\C.[Y]. The van der Waals surface area contributed by atoms with Crippen molar-refractivity contribution in [2.45, 2.75) is 27.7 Å². The summed E-state index contributed by atoms with van der Waals surface area (Å²) in [5, 5.41) is 2.29. The van der Waals surface area contributed by atoms with E-state index in [1.165, 1.54) is 10.9 Å². The van der Waals surface area contributed by atoms with Gasteiger partial charge in [-0.2, -0.15) is 0 Å². The predicted octanol–water partition coefficient (Wildman–Crippen LogP) is 4.79. The fraction of sp³-hybridized carbons (Fsp3) is 0.182. The molecule has 5 radical (unpaired) electrons. The zero-order valence-electron chi connectivity index (χ0n) is 15.4. The Hall–Kier alpha value is -1.11. The number of hydrogen-bond donors (Lipinski definition) is 0. The standard InChI is InChI=1S/C22H21B2.Y/c1-5-7-8-10-17-13-21-16(4)20(9-6-2)22(24)14-19(21)12-18(17)11-15(3)23;/h5-9,11-14H,1-4H3;/q-1;/b7-5-,9-6-,15-11+;. The summed E-state index contributed by atoms with van der Waals surface area (Å²) < 4.78 is 0. The van der Waals surface area contributed by atoms with Gasteiger partial charge in [0.2, 0.25) is 0 Å². The van der Waals surface area contributed by atoms with Gasteiger partial charge >= 0.3 is 0 Å². The predicted molar refractivity (Wildman–Crippen MR) is 110 cm³/mol. The van der Waals surface area contributed by atoms with Crippen LogP contribution in [0.1, 0.15) is 43.0 Å². The molecule has 0 amide bonds. The Morgan fingerprint density at radius 1 is 1.12 bits per heavy atom. The first kappa shape index (κ1) is 21.9. The van der Waals surface area contributed by atoms with E-state index in [1.807, 2.05) is 57.2 Å². The maximum absolute atomic E-state index is 6.24. The minimum Gasteiger partial charge on any atom is -0.146 e. The molecule has 0 unspecified atom stereocenters. The van der Waals surface area contributed by atoms with Crippen molar-refractivity contribution in [3.05, 3.63) is 76.3 Å². The van der Waals surface area contributed by atoms with Crippen LogP contribution >= 0.6 is 0 Å². The van der Waals surface area contributed by atoms with Gasteiger partial charge in [-0.1, -0.05) is 54.5 Å². The van der Waals surface area contributed by atoms with Crippen molar-refractivity contribution in [1.29, 1.82) is 0 Å². The summed E-state index contributed by atoms with van der Waals surface area (Å²) >= 11 is 0. The third-order valence-corrected chi connectivity index (χ3v) is 3.90. The summed E-state index contributed by atoms with van der Waals surface area (Å²) in [6, 6.07) is 6.31. The van der Waals surface area contributed by atoms with E-state index in [4.69, 9.17) is 15.7 Å². The van der Waals surface area contributed by atoms with Crippen LogP contribution in [-0.2, 0) is 32.7 Å². The van der Waals surface area contributed by atoms with Gasteiger partial charge in [0.25, 0.3) is 0 Å². The molecule has 0 saturated carbocycles. The Morgan fingerprint density at radius 2 is 1.84 bits per heavy atom. The smallest absolute Gasteiger partial charge is 0.114 e. The topological polar surface area (TPSA) is 0 Å². The van der Waals surface area contributed by atoms with Crippen molar-refractivity contribution in [3.8, 4) is 0 Å². The average Bonchev–Trinajstić information content (AvgIpc) is 2.52. The molecule has 0 fully saturated rings. The molecule has 0 N–H and O–H groups in total. The maximum atomic E-state index is 6.24. The second-order valence-electron chi connectivity index (χ2n) is 5.89. The van der Waals surface area contributed by atoms with Crippen molar-refractivity contribution >= 4 is 44.1 Å². The number of fused-ring (bicyclic) bond motifs is 1. The number of benzene rings is 2. The number of hydrogen-bond acceptors (Lipinski definition) is 0. The molecule has 0 nitrogen and oxygen atoms in total. The number of aryl methyl sites for hydroxylation is 1. The van der Waals surface area contributed by atoms with E-state index in [-0.39, 0.29) is 32.7 Å². The molecule has 2 aromatic carbocycles. The van der Waals surface area contributed by atoms with E-state index in [2.05, 4.69) is 31.2 Å². The van der Waals surface area contributed by atoms with Crippen LogP contribution in [0.2, 0.25) is 0 Å². The Bertz CT molecular complexity index is 867. The molecule has 0 bridgehead atoms. The van der Waals surface area contributed by atoms with Crippen LogP contribution in [0, 0.1) is 13.0 Å². The quantitative estimate of drug-likeness (QED) is 0.397. The molecule has 2 aromatic rings. The average molecular weight is 396 g/mol. The third kappa shape index (κ3) is 5.43. The van der Waals surface area contributed by atoms with Crippen molar-refractivity contribution in [3.63, 3.8) is 0 Å². The van der Waals surface area contributed by atoms with E-state index >= 15 is 0 Å². The van der Waals surface area contributed by atoms with Crippen LogP contribution in [0.3, 0.4) is 0 Å². The maximum Gasteiger partial charge on any atom is 0.114 e. The van der Waals surface area contributed by atoms with Gasteiger partial charge in [-0.15, -0.1) is 47.5 Å². The molecule has 0 aliphatic rings. The first-order valence-corrected chi connectivity index (χ1v) is 8.12. The monoisotopic (exact) mass is 396 g/mol. The fourth-order valence-corrected chi connectivity index (χ4v) is 2.80. The van der Waals surface area contributed by atoms with Crippen LogP contribution in [0.25, 0.3) is 22.9 Å². The van der Waals surface area contributed by atoms with Crippen molar-refractivity contribution < 1.29 is 32.7 Å². The summed E-state index contributed by atoms with van der Waals surface area (Å²) in [4.78, 5) is 0. The van der Waals surface area contributed by atoms with Crippen molar-refractivity contribution in [2.75, 3.05) is 0 Å². The van der Waals surface area contributed by atoms with Gasteiger partial charge < -0.3 is 0 Å². The third-order valence-electron chi connectivity index (χ3n) is 3.90. The van der Waals surface area contributed by atoms with E-state index < -0.39 is 0 Å². The summed E-state index contributed by atoms with van der Waals surface area (Å²) in [5.41, 5.74) is 5.87. The van der Waals surface area contributed by atoms with Gasteiger partial charge in [-0.3, -0.25) is 0 Å². The Kier molecular flexibility index (Phi) is 8.90. The largest absolute Gasteiger partial charge is 0.146 e. The first-order chi connectivity index (χ1) is 11.5. The second kappa shape index (κ2) is 10.1. The zero-order chi connectivity index (χ0) is 17.7. The summed E-state index contributed by atoms with van der Waals surface area (Å²) in [6.07, 6.45) is 15.2. The summed E-state index contributed by atoms with van der Waals surface area (Å²) in [5.74, 6) is 0. The van der Waals surface area contributed by atoms with Crippen LogP contribution in [0.5, 0.6) is 0 Å². The zero-order valence-corrected chi connectivity index (χ0v) is 18.3. The number of rotatable bonds is 4. The van der Waals surface area contributed by atoms with Crippen LogP contribution < -0.4 is 5.46 Å². The molecule has 0 spiro atoms. The normalized spacial score (nSPS) is 12.6. The Balaban J connectivity index is 0.00000312. The molecular weight excluding hydrogens is 375 g/mol. The van der Waals surface area contributed by atoms with Crippen molar-refractivity contribution in [2.24, 2.45) is 0 Å². The van der Waals surface area contributed by atoms with Crippen LogP contribution in [-0.4, -0.2) is 15.7 Å². The van der Waals surface area contributed by atoms with Gasteiger partial charge in [0.1, 0.15) is 15.7 Å². The van der Waals surface area contributed by atoms with E-state index in [0.717, 1.165) is 33.0 Å². The first-order valence-electron chi connectivity index (χ1n) is 8.12. The summed E-state index contributed by atoms with van der Waals surface area (Å²) in [7, 11) is 12.1. The molecule has 0 saturated heterocycles. The molecule has 25 heavy (non-hydrogen) atoms. The molecule has 0 aliphatic heterocycles. The van der Waals surface area contributed by atoms with Gasteiger partial charge in [-0.25, -0.2) is 0 Å². The van der Waals surface area contributed by atoms with Crippen LogP contribution in [0.15, 0.2) is 48.0 Å². The van der Waals surface area contributed by atoms with E-state index in [1.54, 1.807) is 0 Å². The second-order valence-corrected chi connectivity index (χ2v) is 5.89. The molecule has 0 aliphatic carbocycles. The fourth-order valence-electron chi connectivity index (χ4n) is 2.80. The van der Waals surface area contributed by atoms with Gasteiger partial charge in [0, 0.05) is 32.7 Å². The minimum absolute atomic E-state index is 0. The van der Waals surface area contributed by atoms with Gasteiger partial charge in [0.15, 0.2) is 0 Å². The van der Waals surface area contributed by atoms with E-state index in [0.29, 0.717) is 0 Å². The molecular formula is C22H21B2Y-. The van der Waals surface area contributed by atoms with Crippen LogP contribution in [0.4, 0.5) is 0 Å². The molecule has 3 heteroatoms. The molecule has 0 heterocycles. The Morgan fingerprint density at radius 3 is 2.44 bits per heavy atom. The molecule has 0 atom stereocenters. The Labute approximate surface area is 179 Å². The van der Waals surface area contributed by atoms with Gasteiger partial charge in [-0.05, 0) is 30.4 Å². The summed E-state index contributed by atoms with van der Waals surface area (Å²) in [6.45, 7) is 7.98. The molecule has 2 rings (SSSR count). The van der Waals surface area contributed by atoms with E-state index in [9.17, 15) is 0 Å². The van der Waals surface area contributed by atoms with Gasteiger partial charge in [0.05, 0.1) is 0 Å². The molecule has 0 aromatic heterocycles. The minimum atomic E-state index is 0. The van der Waals surface area contributed by atoms with Crippen molar-refractivity contribution in [1.82, 2.24) is 0 Å².